The number of nitrogens with two attached hydrogens (primary N) is 1. The third-order valence-electron chi connectivity index (χ3n) is 3.76. The van der Waals surface area contributed by atoms with Crippen LogP contribution in [0.15, 0.2) is 12.3 Å². The topological polar surface area (TPSA) is 84.0 Å². The van der Waals surface area contributed by atoms with Crippen LogP contribution in [0, 0.1) is 17.2 Å². The van der Waals surface area contributed by atoms with Crippen molar-refractivity contribution in [2.45, 2.75) is 24.6 Å². The highest BCUT2D eigenvalue weighted by Gasteiger charge is 2.52. The average Bonchev–Trinajstić information content (AvgIpc) is 2.82. The standard InChI is InChI=1S/C12H13ClN4O/c13-8-6(5-14)1-3-16-12(8)17-10-9(15)7-2-4-18-11(7)10/h1,3,7,9-11H,2,4,15H2,(H,16,17). The average molecular weight is 265 g/mol. The Hall–Kier alpha value is -1.35. The zero-order chi connectivity index (χ0) is 12.7. The lowest BCUT2D eigenvalue weighted by Gasteiger charge is -2.45. The number of nitrogens with zero attached hydrogens (tertiary/aromatic N) is 2. The Labute approximate surface area is 110 Å². The Balaban J connectivity index is 1.80. The minimum absolute atomic E-state index is 0.0245. The van der Waals surface area contributed by atoms with E-state index in [1.807, 2.05) is 6.07 Å². The third-order valence-corrected chi connectivity index (χ3v) is 4.14. The second-order valence-electron chi connectivity index (χ2n) is 4.67. The van der Waals surface area contributed by atoms with Crippen molar-refractivity contribution in [2.75, 3.05) is 11.9 Å². The number of aromatic nitrogens is 1. The van der Waals surface area contributed by atoms with E-state index in [0.717, 1.165) is 13.0 Å². The van der Waals surface area contributed by atoms with Crippen LogP contribution in [0.25, 0.3) is 0 Å². The number of hydrogen-bond acceptors (Lipinski definition) is 5. The van der Waals surface area contributed by atoms with Crippen LogP contribution in [0.2, 0.25) is 5.02 Å². The summed E-state index contributed by atoms with van der Waals surface area (Å²) in [5, 5.41) is 12.5. The van der Waals surface area contributed by atoms with Gasteiger partial charge in [-0.25, -0.2) is 4.98 Å². The highest BCUT2D eigenvalue weighted by molar-refractivity contribution is 6.34. The molecule has 4 unspecified atom stereocenters. The molecular weight excluding hydrogens is 252 g/mol. The van der Waals surface area contributed by atoms with Crippen molar-refractivity contribution in [3.63, 3.8) is 0 Å². The van der Waals surface area contributed by atoms with E-state index in [4.69, 9.17) is 27.3 Å². The fraction of sp³-hybridized carbons (Fsp3) is 0.500. The van der Waals surface area contributed by atoms with E-state index in [-0.39, 0.29) is 18.2 Å². The monoisotopic (exact) mass is 264 g/mol. The third kappa shape index (κ3) is 1.65. The maximum Gasteiger partial charge on any atom is 0.146 e. The number of nitrogens with one attached hydrogen (secondary N) is 1. The van der Waals surface area contributed by atoms with Crippen LogP contribution in [-0.4, -0.2) is 29.8 Å². The first-order valence-corrected chi connectivity index (χ1v) is 6.28. The molecule has 1 aromatic heterocycles. The number of halogens is 1. The van der Waals surface area contributed by atoms with Gasteiger partial charge in [0.1, 0.15) is 16.9 Å². The predicted octanol–water partition coefficient (Wildman–Crippen LogP) is 1.13. The van der Waals surface area contributed by atoms with Crippen LogP contribution in [0.3, 0.4) is 0 Å². The van der Waals surface area contributed by atoms with Crippen molar-refractivity contribution >= 4 is 17.4 Å². The molecule has 2 heterocycles. The van der Waals surface area contributed by atoms with Crippen LogP contribution < -0.4 is 11.1 Å². The lowest BCUT2D eigenvalue weighted by Crippen LogP contribution is -2.65. The highest BCUT2D eigenvalue weighted by Crippen LogP contribution is 2.40. The largest absolute Gasteiger partial charge is 0.376 e. The summed E-state index contributed by atoms with van der Waals surface area (Å²) in [7, 11) is 0. The van der Waals surface area contributed by atoms with Gasteiger partial charge in [0, 0.05) is 24.8 Å². The summed E-state index contributed by atoms with van der Waals surface area (Å²) in [6, 6.07) is 3.70. The summed E-state index contributed by atoms with van der Waals surface area (Å²) in [5.74, 6) is 0.936. The molecule has 1 saturated heterocycles. The van der Waals surface area contributed by atoms with Gasteiger partial charge in [-0.05, 0) is 12.5 Å². The SMILES string of the molecule is N#Cc1ccnc(NC2C(N)C3CCOC32)c1Cl. The molecule has 3 rings (SSSR count). The number of hydrogen-bond donors (Lipinski definition) is 2. The van der Waals surface area contributed by atoms with Crippen LogP contribution in [0.4, 0.5) is 5.82 Å². The Morgan fingerprint density at radius 2 is 2.44 bits per heavy atom. The second-order valence-corrected chi connectivity index (χ2v) is 5.05. The van der Waals surface area contributed by atoms with Gasteiger partial charge in [-0.2, -0.15) is 5.26 Å². The maximum absolute atomic E-state index is 8.91. The number of ether oxygens (including phenoxy) is 1. The van der Waals surface area contributed by atoms with E-state index in [1.165, 1.54) is 0 Å². The molecule has 0 radical (unpaired) electrons. The molecule has 18 heavy (non-hydrogen) atoms. The summed E-state index contributed by atoms with van der Waals surface area (Å²) < 4.78 is 5.63. The Kier molecular flexibility index (Phi) is 2.86. The van der Waals surface area contributed by atoms with Crippen molar-refractivity contribution in [2.24, 2.45) is 11.7 Å². The number of anilines is 1. The van der Waals surface area contributed by atoms with Gasteiger partial charge in [0.25, 0.3) is 0 Å². The van der Waals surface area contributed by atoms with Crippen LogP contribution in [0.1, 0.15) is 12.0 Å². The molecule has 6 heteroatoms. The lowest BCUT2D eigenvalue weighted by molar-refractivity contribution is 0.00524. The van der Waals surface area contributed by atoms with Gasteiger partial charge >= 0.3 is 0 Å². The van der Waals surface area contributed by atoms with Crippen molar-refractivity contribution in [3.05, 3.63) is 22.8 Å². The fourth-order valence-corrected chi connectivity index (χ4v) is 2.92. The molecular formula is C12H13ClN4O. The predicted molar refractivity (Wildman–Crippen MR) is 67.2 cm³/mol. The number of rotatable bonds is 2. The first-order valence-electron chi connectivity index (χ1n) is 5.90. The van der Waals surface area contributed by atoms with Gasteiger partial charge in [-0.3, -0.25) is 0 Å². The minimum Gasteiger partial charge on any atom is -0.376 e. The summed E-state index contributed by atoms with van der Waals surface area (Å²) in [5.41, 5.74) is 6.51. The molecule has 5 nitrogen and oxygen atoms in total. The summed E-state index contributed by atoms with van der Waals surface area (Å²) >= 11 is 6.10. The van der Waals surface area contributed by atoms with E-state index in [1.54, 1.807) is 12.3 Å². The summed E-state index contributed by atoms with van der Waals surface area (Å²) in [6.45, 7) is 0.764. The molecule has 3 N–H and O–H groups in total. The Bertz CT molecular complexity index is 515. The number of fused-ring (bicyclic) bond motifs is 1. The smallest absolute Gasteiger partial charge is 0.146 e. The number of nitriles is 1. The van der Waals surface area contributed by atoms with Crippen molar-refractivity contribution < 1.29 is 4.74 Å². The molecule has 2 fully saturated rings. The van der Waals surface area contributed by atoms with E-state index in [9.17, 15) is 0 Å². The van der Waals surface area contributed by atoms with E-state index in [0.29, 0.717) is 22.3 Å². The van der Waals surface area contributed by atoms with Crippen LogP contribution in [0.5, 0.6) is 0 Å². The first kappa shape index (κ1) is 11.7. The fourth-order valence-electron chi connectivity index (χ4n) is 2.72. The molecule has 1 aliphatic heterocycles. The van der Waals surface area contributed by atoms with E-state index in [2.05, 4.69) is 10.3 Å². The van der Waals surface area contributed by atoms with Gasteiger partial charge in [0.2, 0.25) is 0 Å². The lowest BCUT2D eigenvalue weighted by atomic mass is 9.72. The molecule has 94 valence electrons. The second kappa shape index (κ2) is 4.39. The molecule has 0 spiro atoms. The maximum atomic E-state index is 8.91. The van der Waals surface area contributed by atoms with E-state index < -0.39 is 0 Å². The summed E-state index contributed by atoms with van der Waals surface area (Å²) in [6.07, 6.45) is 2.72. The van der Waals surface area contributed by atoms with Gasteiger partial charge in [-0.1, -0.05) is 11.6 Å². The highest BCUT2D eigenvalue weighted by atomic mass is 35.5. The summed E-state index contributed by atoms with van der Waals surface area (Å²) in [4.78, 5) is 4.15. The van der Waals surface area contributed by atoms with Gasteiger partial charge in [0.05, 0.1) is 17.7 Å². The van der Waals surface area contributed by atoms with Crippen molar-refractivity contribution in [3.8, 4) is 6.07 Å². The van der Waals surface area contributed by atoms with Crippen LogP contribution >= 0.6 is 11.6 Å². The Morgan fingerprint density at radius 1 is 1.61 bits per heavy atom. The Morgan fingerprint density at radius 3 is 3.22 bits per heavy atom. The van der Waals surface area contributed by atoms with E-state index >= 15 is 0 Å². The van der Waals surface area contributed by atoms with Gasteiger partial charge < -0.3 is 15.8 Å². The quantitative estimate of drug-likeness (QED) is 0.837. The van der Waals surface area contributed by atoms with Gasteiger partial charge in [-0.15, -0.1) is 0 Å². The molecule has 2 aliphatic rings. The minimum atomic E-state index is 0.0245. The zero-order valence-corrected chi connectivity index (χ0v) is 10.4. The zero-order valence-electron chi connectivity index (χ0n) is 9.64. The normalized spacial score (nSPS) is 33.4. The van der Waals surface area contributed by atoms with Crippen molar-refractivity contribution in [1.82, 2.24) is 4.98 Å². The molecule has 0 amide bonds. The van der Waals surface area contributed by atoms with Crippen LogP contribution in [-0.2, 0) is 4.74 Å². The molecule has 4 atom stereocenters. The first-order chi connectivity index (χ1) is 8.72. The van der Waals surface area contributed by atoms with Gasteiger partial charge in [0.15, 0.2) is 0 Å². The molecule has 1 aromatic rings. The molecule has 0 aromatic carbocycles. The number of pyridine rings is 1. The van der Waals surface area contributed by atoms with Crippen molar-refractivity contribution in [1.29, 1.82) is 5.26 Å². The molecule has 1 saturated carbocycles. The molecule has 0 bridgehead atoms. The molecule has 1 aliphatic carbocycles.